The molecule has 7 heteroatoms. The first-order chi connectivity index (χ1) is 10.1. The lowest BCUT2D eigenvalue weighted by Gasteiger charge is -2.20. The van der Waals surface area contributed by atoms with Crippen molar-refractivity contribution in [1.82, 2.24) is 4.90 Å². The number of benzene rings is 1. The van der Waals surface area contributed by atoms with Crippen LogP contribution in [0.15, 0.2) is 30.3 Å². The second kappa shape index (κ2) is 9.73. The van der Waals surface area contributed by atoms with E-state index in [9.17, 15) is 9.59 Å². The van der Waals surface area contributed by atoms with Crippen molar-refractivity contribution in [2.45, 2.75) is 6.61 Å². The van der Waals surface area contributed by atoms with E-state index in [0.29, 0.717) is 13.2 Å². The minimum Gasteiger partial charge on any atom is -0.480 e. The highest BCUT2D eigenvalue weighted by Gasteiger charge is 2.18. The fourth-order valence-corrected chi connectivity index (χ4v) is 1.57. The summed E-state index contributed by atoms with van der Waals surface area (Å²) in [6.45, 7) is 0.751. The summed E-state index contributed by atoms with van der Waals surface area (Å²) in [5.74, 6) is -1.11. The molecule has 0 fully saturated rings. The first-order valence-corrected chi connectivity index (χ1v) is 6.58. The Balaban J connectivity index is 2.44. The molecule has 0 heterocycles. The highest BCUT2D eigenvalue weighted by molar-refractivity contribution is 5.76. The number of ether oxygens (including phenoxy) is 2. The molecule has 1 aromatic carbocycles. The molecule has 116 valence electrons. The maximum Gasteiger partial charge on any atom is 0.410 e. The highest BCUT2D eigenvalue weighted by atomic mass is 16.6. The van der Waals surface area contributed by atoms with Crippen molar-refractivity contribution in [2.75, 3.05) is 32.8 Å². The second-order valence-corrected chi connectivity index (χ2v) is 4.26. The number of carbonyl (C=O) groups is 2. The van der Waals surface area contributed by atoms with Gasteiger partial charge in [0.25, 0.3) is 0 Å². The Hall–Kier alpha value is -2.12. The quantitative estimate of drug-likeness (QED) is 0.650. The monoisotopic (exact) mass is 296 g/mol. The third-order valence-corrected chi connectivity index (χ3v) is 2.56. The molecule has 0 aliphatic carbocycles. The molecular weight excluding hydrogens is 276 g/mol. The van der Waals surface area contributed by atoms with Crippen LogP contribution in [-0.4, -0.2) is 54.9 Å². The molecule has 3 N–H and O–H groups in total. The number of carboxylic acids is 1. The van der Waals surface area contributed by atoms with Gasteiger partial charge in [-0.15, -0.1) is 0 Å². The fraction of sp³-hybridized carbons (Fsp3) is 0.429. The summed E-state index contributed by atoms with van der Waals surface area (Å²) >= 11 is 0. The van der Waals surface area contributed by atoms with Gasteiger partial charge in [0.2, 0.25) is 0 Å². The van der Waals surface area contributed by atoms with Crippen LogP contribution in [0.2, 0.25) is 0 Å². The van der Waals surface area contributed by atoms with Crippen LogP contribution in [0.1, 0.15) is 5.56 Å². The molecule has 1 aromatic rings. The van der Waals surface area contributed by atoms with E-state index in [1.54, 1.807) is 0 Å². The van der Waals surface area contributed by atoms with E-state index < -0.39 is 18.6 Å². The molecule has 7 nitrogen and oxygen atoms in total. The maximum absolute atomic E-state index is 11.9. The van der Waals surface area contributed by atoms with Gasteiger partial charge in [-0.2, -0.15) is 0 Å². The molecule has 21 heavy (non-hydrogen) atoms. The Morgan fingerprint density at radius 3 is 2.52 bits per heavy atom. The summed E-state index contributed by atoms with van der Waals surface area (Å²) in [4.78, 5) is 23.7. The second-order valence-electron chi connectivity index (χ2n) is 4.26. The van der Waals surface area contributed by atoms with Gasteiger partial charge in [-0.05, 0) is 5.56 Å². The molecule has 1 rings (SSSR count). The van der Waals surface area contributed by atoms with Gasteiger partial charge in [-0.1, -0.05) is 30.3 Å². The number of carbonyl (C=O) groups excluding carboxylic acids is 1. The Labute approximate surface area is 123 Å². The van der Waals surface area contributed by atoms with Crippen LogP contribution >= 0.6 is 0 Å². The molecule has 0 saturated heterocycles. The summed E-state index contributed by atoms with van der Waals surface area (Å²) in [6, 6.07) is 9.16. The Kier molecular flexibility index (Phi) is 7.85. The van der Waals surface area contributed by atoms with Gasteiger partial charge >= 0.3 is 12.1 Å². The Morgan fingerprint density at radius 1 is 1.19 bits per heavy atom. The average molecular weight is 296 g/mol. The van der Waals surface area contributed by atoms with E-state index in [-0.39, 0.29) is 19.8 Å². The van der Waals surface area contributed by atoms with Crippen molar-refractivity contribution in [1.29, 1.82) is 0 Å². The predicted octanol–water partition coefficient (Wildman–Crippen LogP) is 0.685. The zero-order valence-corrected chi connectivity index (χ0v) is 11.7. The molecule has 0 radical (unpaired) electrons. The zero-order chi connectivity index (χ0) is 15.5. The molecular formula is C14H20N2O5. The van der Waals surface area contributed by atoms with Crippen LogP contribution in [0, 0.1) is 0 Å². The third-order valence-electron chi connectivity index (χ3n) is 2.56. The van der Waals surface area contributed by atoms with Gasteiger partial charge in [0.1, 0.15) is 13.2 Å². The van der Waals surface area contributed by atoms with Crippen LogP contribution < -0.4 is 5.73 Å². The summed E-state index contributed by atoms with van der Waals surface area (Å²) in [5, 5.41) is 8.81. The van der Waals surface area contributed by atoms with Crippen molar-refractivity contribution < 1.29 is 24.2 Å². The largest absolute Gasteiger partial charge is 0.480 e. The molecule has 0 aromatic heterocycles. The van der Waals surface area contributed by atoms with Crippen LogP contribution in [0.4, 0.5) is 4.79 Å². The lowest BCUT2D eigenvalue weighted by atomic mass is 10.2. The molecule has 1 amide bonds. The SMILES string of the molecule is NCCOCCN(CC(=O)O)C(=O)OCc1ccccc1. The van der Waals surface area contributed by atoms with Crippen molar-refractivity contribution in [2.24, 2.45) is 5.73 Å². The topological polar surface area (TPSA) is 102 Å². The average Bonchev–Trinajstić information content (AvgIpc) is 2.48. The molecule has 0 aliphatic heterocycles. The minimum absolute atomic E-state index is 0.0967. The van der Waals surface area contributed by atoms with E-state index >= 15 is 0 Å². The lowest BCUT2D eigenvalue weighted by Crippen LogP contribution is -2.38. The van der Waals surface area contributed by atoms with Gasteiger partial charge < -0.3 is 20.3 Å². The first kappa shape index (κ1) is 16.9. The first-order valence-electron chi connectivity index (χ1n) is 6.58. The number of hydrogen-bond donors (Lipinski definition) is 2. The molecule has 0 bridgehead atoms. The zero-order valence-electron chi connectivity index (χ0n) is 11.7. The van der Waals surface area contributed by atoms with Crippen LogP contribution in [0.25, 0.3) is 0 Å². The lowest BCUT2D eigenvalue weighted by molar-refractivity contribution is -0.138. The maximum atomic E-state index is 11.9. The summed E-state index contributed by atoms with van der Waals surface area (Å²) < 4.78 is 10.2. The number of nitrogens with zero attached hydrogens (tertiary/aromatic N) is 1. The van der Waals surface area contributed by atoms with E-state index in [1.807, 2.05) is 30.3 Å². The van der Waals surface area contributed by atoms with Gasteiger partial charge in [-0.25, -0.2) is 4.79 Å². The number of carboxylic acid groups (broad SMARTS) is 1. The molecule has 0 atom stereocenters. The summed E-state index contributed by atoms with van der Waals surface area (Å²) in [7, 11) is 0. The Bertz CT molecular complexity index is 438. The summed E-state index contributed by atoms with van der Waals surface area (Å²) in [6.07, 6.45) is -0.683. The van der Waals surface area contributed by atoms with Gasteiger partial charge in [0.15, 0.2) is 0 Å². The number of nitrogens with two attached hydrogens (primary N) is 1. The van der Waals surface area contributed by atoms with E-state index in [0.717, 1.165) is 10.5 Å². The van der Waals surface area contributed by atoms with Crippen molar-refractivity contribution in [3.63, 3.8) is 0 Å². The predicted molar refractivity (Wildman–Crippen MR) is 75.7 cm³/mol. The van der Waals surface area contributed by atoms with E-state index in [4.69, 9.17) is 20.3 Å². The van der Waals surface area contributed by atoms with E-state index in [2.05, 4.69) is 0 Å². The molecule has 0 aliphatic rings. The van der Waals surface area contributed by atoms with Gasteiger partial charge in [-0.3, -0.25) is 9.69 Å². The standard InChI is InChI=1S/C14H20N2O5/c15-6-8-20-9-7-16(10-13(17)18)14(19)21-11-12-4-2-1-3-5-12/h1-5H,6-11,15H2,(H,17,18). The van der Waals surface area contributed by atoms with Crippen molar-refractivity contribution >= 4 is 12.1 Å². The minimum atomic E-state index is -1.11. The number of amides is 1. The third kappa shape index (κ3) is 7.28. The Morgan fingerprint density at radius 2 is 1.90 bits per heavy atom. The van der Waals surface area contributed by atoms with Crippen LogP contribution in [0.3, 0.4) is 0 Å². The van der Waals surface area contributed by atoms with Crippen LogP contribution in [0.5, 0.6) is 0 Å². The van der Waals surface area contributed by atoms with Gasteiger partial charge in [0, 0.05) is 13.1 Å². The molecule has 0 spiro atoms. The molecule has 0 saturated carbocycles. The van der Waals surface area contributed by atoms with Crippen LogP contribution in [-0.2, 0) is 20.9 Å². The van der Waals surface area contributed by atoms with E-state index in [1.165, 1.54) is 0 Å². The smallest absolute Gasteiger partial charge is 0.410 e. The fourth-order valence-electron chi connectivity index (χ4n) is 1.57. The number of aliphatic carboxylic acids is 1. The highest BCUT2D eigenvalue weighted by Crippen LogP contribution is 2.03. The normalized spacial score (nSPS) is 10.1. The van der Waals surface area contributed by atoms with Crippen molar-refractivity contribution in [3.8, 4) is 0 Å². The molecule has 0 unspecified atom stereocenters. The number of hydrogen-bond acceptors (Lipinski definition) is 5. The number of rotatable bonds is 9. The summed E-state index contributed by atoms with van der Waals surface area (Å²) in [5.41, 5.74) is 6.11. The van der Waals surface area contributed by atoms with Crippen molar-refractivity contribution in [3.05, 3.63) is 35.9 Å². The van der Waals surface area contributed by atoms with Gasteiger partial charge in [0.05, 0.1) is 13.2 Å².